The summed E-state index contributed by atoms with van der Waals surface area (Å²) in [4.78, 5) is 21.5. The molecule has 1 amide bonds. The third-order valence-electron chi connectivity index (χ3n) is 5.74. The molecule has 2 saturated heterocycles. The summed E-state index contributed by atoms with van der Waals surface area (Å²) in [5.74, 6) is 0.315. The number of aromatic nitrogens is 1. The molecule has 2 aliphatic heterocycles. The van der Waals surface area contributed by atoms with Crippen LogP contribution >= 0.6 is 11.3 Å². The highest BCUT2D eigenvalue weighted by Crippen LogP contribution is 2.40. The molecular formula is C20H25N3OS. The molecule has 25 heavy (non-hydrogen) atoms. The molecule has 0 aliphatic carbocycles. The van der Waals surface area contributed by atoms with Crippen molar-refractivity contribution in [3.8, 4) is 0 Å². The van der Waals surface area contributed by atoms with E-state index in [1.54, 1.807) is 17.5 Å². The van der Waals surface area contributed by atoms with Gasteiger partial charge in [0.1, 0.15) is 0 Å². The average Bonchev–Trinajstić information content (AvgIpc) is 3.18. The highest BCUT2D eigenvalue weighted by molar-refractivity contribution is 7.07. The predicted molar refractivity (Wildman–Crippen MR) is 100 cm³/mol. The molecular weight excluding hydrogens is 330 g/mol. The lowest BCUT2D eigenvalue weighted by Gasteiger charge is -2.38. The summed E-state index contributed by atoms with van der Waals surface area (Å²) < 4.78 is 0. The largest absolute Gasteiger partial charge is 0.333 e. The van der Waals surface area contributed by atoms with Crippen LogP contribution in [0.15, 0.2) is 41.4 Å². The summed E-state index contributed by atoms with van der Waals surface area (Å²) in [5.41, 5.74) is 2.60. The highest BCUT2D eigenvalue weighted by atomic mass is 32.1. The number of carbonyl (C=O) groups excluding carboxylic acids is 1. The van der Waals surface area contributed by atoms with Gasteiger partial charge in [0.25, 0.3) is 0 Å². The molecule has 2 aromatic heterocycles. The molecule has 4 heterocycles. The molecule has 0 radical (unpaired) electrons. The maximum atomic E-state index is 12.6. The van der Waals surface area contributed by atoms with Gasteiger partial charge in [0.2, 0.25) is 5.91 Å². The van der Waals surface area contributed by atoms with Crippen LogP contribution in [0.25, 0.3) is 0 Å². The monoisotopic (exact) mass is 355 g/mol. The molecule has 2 fully saturated rings. The first-order chi connectivity index (χ1) is 12.3. The lowest BCUT2D eigenvalue weighted by molar-refractivity contribution is -0.132. The number of rotatable bonds is 4. The quantitative estimate of drug-likeness (QED) is 0.839. The fraction of sp³-hybridized carbons (Fsp3) is 0.500. The fourth-order valence-electron chi connectivity index (χ4n) is 4.36. The Bertz CT molecular complexity index is 703. The summed E-state index contributed by atoms with van der Waals surface area (Å²) in [5, 5.41) is 4.40. The van der Waals surface area contributed by atoms with Crippen molar-refractivity contribution in [3.05, 3.63) is 52.5 Å². The maximum Gasteiger partial charge on any atom is 0.223 e. The van der Waals surface area contributed by atoms with Crippen LogP contribution in [0.3, 0.4) is 0 Å². The third kappa shape index (κ3) is 3.62. The molecule has 0 aromatic carbocycles. The molecule has 4 rings (SSSR count). The zero-order chi connectivity index (χ0) is 17.1. The van der Waals surface area contributed by atoms with E-state index in [-0.39, 0.29) is 5.54 Å². The van der Waals surface area contributed by atoms with E-state index in [2.05, 4.69) is 37.7 Å². The molecule has 0 bridgehead atoms. The molecule has 132 valence electrons. The first-order valence-electron chi connectivity index (χ1n) is 9.18. The minimum Gasteiger partial charge on any atom is -0.333 e. The molecule has 1 atom stereocenters. The molecule has 0 saturated carbocycles. The summed E-state index contributed by atoms with van der Waals surface area (Å²) >= 11 is 1.77. The Balaban J connectivity index is 1.47. The van der Waals surface area contributed by atoms with Gasteiger partial charge in [-0.2, -0.15) is 11.3 Å². The van der Waals surface area contributed by atoms with Crippen molar-refractivity contribution in [2.75, 3.05) is 13.1 Å². The lowest BCUT2D eigenvalue weighted by Crippen LogP contribution is -2.45. The summed E-state index contributed by atoms with van der Waals surface area (Å²) in [6.07, 6.45) is 8.77. The van der Waals surface area contributed by atoms with Crippen LogP contribution in [0.5, 0.6) is 0 Å². The van der Waals surface area contributed by atoms with Gasteiger partial charge in [-0.1, -0.05) is 6.07 Å². The predicted octanol–water partition coefficient (Wildman–Crippen LogP) is 3.69. The van der Waals surface area contributed by atoms with Crippen molar-refractivity contribution in [2.45, 2.75) is 50.7 Å². The van der Waals surface area contributed by atoms with Crippen LogP contribution in [-0.4, -0.2) is 39.3 Å². The molecule has 2 aromatic rings. The van der Waals surface area contributed by atoms with E-state index in [4.69, 9.17) is 0 Å². The second-order valence-corrected chi connectivity index (χ2v) is 8.11. The van der Waals surface area contributed by atoms with Gasteiger partial charge in [-0.05, 0) is 66.2 Å². The first kappa shape index (κ1) is 16.7. The number of likely N-dealkylation sites (tertiary alicyclic amines) is 2. The normalized spacial score (nSPS) is 24.8. The second-order valence-electron chi connectivity index (χ2n) is 7.33. The van der Waals surface area contributed by atoms with Crippen LogP contribution in [-0.2, 0) is 17.9 Å². The van der Waals surface area contributed by atoms with Crippen molar-refractivity contribution in [1.29, 1.82) is 0 Å². The zero-order valence-corrected chi connectivity index (χ0v) is 15.4. The van der Waals surface area contributed by atoms with Crippen molar-refractivity contribution in [3.63, 3.8) is 0 Å². The van der Waals surface area contributed by atoms with Crippen molar-refractivity contribution < 1.29 is 4.79 Å². The molecule has 4 nitrogen and oxygen atoms in total. The smallest absolute Gasteiger partial charge is 0.223 e. The molecule has 2 aliphatic rings. The fourth-order valence-corrected chi connectivity index (χ4v) is 5.02. The Hall–Kier alpha value is -1.72. The zero-order valence-electron chi connectivity index (χ0n) is 14.6. The van der Waals surface area contributed by atoms with Gasteiger partial charge in [-0.3, -0.25) is 14.7 Å². The number of pyridine rings is 1. The SMILES string of the molecule is O=C1CC[C@@]2(CCCN(Cc3ccsc3)CC2)N1Cc1cccnc1. The van der Waals surface area contributed by atoms with Gasteiger partial charge in [-0.25, -0.2) is 0 Å². The Labute approximate surface area is 153 Å². The van der Waals surface area contributed by atoms with Crippen LogP contribution < -0.4 is 0 Å². The Morgan fingerprint density at radius 2 is 2.08 bits per heavy atom. The van der Waals surface area contributed by atoms with Gasteiger partial charge in [0.05, 0.1) is 0 Å². The number of hydrogen-bond acceptors (Lipinski definition) is 4. The van der Waals surface area contributed by atoms with Crippen LogP contribution in [0.1, 0.15) is 43.2 Å². The summed E-state index contributed by atoms with van der Waals surface area (Å²) in [6, 6.07) is 6.25. The molecule has 0 unspecified atom stereocenters. The van der Waals surface area contributed by atoms with Crippen molar-refractivity contribution in [2.24, 2.45) is 0 Å². The number of nitrogens with zero attached hydrogens (tertiary/aromatic N) is 3. The minimum absolute atomic E-state index is 0.0519. The van der Waals surface area contributed by atoms with Crippen LogP contribution in [0.2, 0.25) is 0 Å². The highest BCUT2D eigenvalue weighted by Gasteiger charge is 2.45. The first-order valence-corrected chi connectivity index (χ1v) is 10.1. The Kier molecular flexibility index (Phi) is 4.86. The van der Waals surface area contributed by atoms with Gasteiger partial charge in [0.15, 0.2) is 0 Å². The Morgan fingerprint density at radius 1 is 1.12 bits per heavy atom. The minimum atomic E-state index is 0.0519. The van der Waals surface area contributed by atoms with Gasteiger partial charge < -0.3 is 4.90 Å². The third-order valence-corrected chi connectivity index (χ3v) is 6.47. The van der Waals surface area contributed by atoms with E-state index in [9.17, 15) is 4.79 Å². The maximum absolute atomic E-state index is 12.6. The van der Waals surface area contributed by atoms with Crippen molar-refractivity contribution in [1.82, 2.24) is 14.8 Å². The topological polar surface area (TPSA) is 36.4 Å². The number of thiophene rings is 1. The van der Waals surface area contributed by atoms with Crippen LogP contribution in [0, 0.1) is 0 Å². The number of carbonyl (C=O) groups is 1. The Morgan fingerprint density at radius 3 is 2.88 bits per heavy atom. The number of amides is 1. The number of hydrogen-bond donors (Lipinski definition) is 0. The van der Waals surface area contributed by atoms with E-state index in [1.165, 1.54) is 12.0 Å². The van der Waals surface area contributed by atoms with E-state index in [1.807, 2.05) is 12.3 Å². The summed E-state index contributed by atoms with van der Waals surface area (Å²) in [6.45, 7) is 3.95. The molecule has 0 N–H and O–H groups in total. The van der Waals surface area contributed by atoms with E-state index in [0.29, 0.717) is 18.9 Å². The van der Waals surface area contributed by atoms with Gasteiger partial charge in [-0.15, -0.1) is 0 Å². The molecule has 1 spiro atoms. The molecule has 5 heteroatoms. The second kappa shape index (κ2) is 7.26. The van der Waals surface area contributed by atoms with Gasteiger partial charge >= 0.3 is 0 Å². The van der Waals surface area contributed by atoms with E-state index >= 15 is 0 Å². The lowest BCUT2D eigenvalue weighted by atomic mass is 9.87. The van der Waals surface area contributed by atoms with Gasteiger partial charge in [0, 0.05) is 44.0 Å². The van der Waals surface area contributed by atoms with E-state index < -0.39 is 0 Å². The van der Waals surface area contributed by atoms with Crippen LogP contribution in [0.4, 0.5) is 0 Å². The standard InChI is InChI=1S/C20H25N3OS/c24-19-4-7-20(23(19)15-17-3-1-9-21-13-17)6-2-10-22(11-8-20)14-18-5-12-25-16-18/h1,3,5,9,12-13,16H,2,4,6-8,10-11,14-15H2/t20-/m1/s1. The average molecular weight is 356 g/mol. The van der Waals surface area contributed by atoms with E-state index in [0.717, 1.165) is 44.5 Å². The van der Waals surface area contributed by atoms with Crippen molar-refractivity contribution >= 4 is 17.2 Å². The summed E-state index contributed by atoms with van der Waals surface area (Å²) in [7, 11) is 0.